The molecule has 1 fully saturated rings. The number of nitrogens with one attached hydrogen (secondary N) is 1. The molecule has 1 aromatic heterocycles. The van der Waals surface area contributed by atoms with Gasteiger partial charge in [-0.15, -0.1) is 0 Å². The Labute approximate surface area is 126 Å². The molecule has 0 aliphatic heterocycles. The van der Waals surface area contributed by atoms with E-state index < -0.39 is 0 Å². The number of pyridine rings is 1. The summed E-state index contributed by atoms with van der Waals surface area (Å²) in [5, 5.41) is 3.52. The van der Waals surface area contributed by atoms with Gasteiger partial charge in [0.05, 0.1) is 0 Å². The number of aromatic nitrogens is 1. The standard InChI is InChI=1S/C18H22N2O/c1-12-9-13(2)14(3)17(10-12)21-18-15(5-4-8-19-18)11-20-16-6-7-16/h4-5,8-10,16,20H,6-7,11H2,1-3H3. The van der Waals surface area contributed by atoms with Crippen molar-refractivity contribution in [3.05, 3.63) is 52.7 Å². The maximum absolute atomic E-state index is 6.10. The van der Waals surface area contributed by atoms with Crippen LogP contribution in [0.4, 0.5) is 0 Å². The van der Waals surface area contributed by atoms with Crippen LogP contribution in [0, 0.1) is 20.8 Å². The van der Waals surface area contributed by atoms with E-state index in [1.165, 1.54) is 29.5 Å². The first kappa shape index (κ1) is 14.1. The first-order valence-corrected chi connectivity index (χ1v) is 7.56. The Hall–Kier alpha value is -1.87. The van der Waals surface area contributed by atoms with Crippen molar-refractivity contribution < 1.29 is 4.74 Å². The monoisotopic (exact) mass is 282 g/mol. The van der Waals surface area contributed by atoms with Crippen molar-refractivity contribution in [2.45, 2.75) is 46.2 Å². The van der Waals surface area contributed by atoms with E-state index in [2.05, 4.69) is 49.3 Å². The van der Waals surface area contributed by atoms with Gasteiger partial charge in [0, 0.05) is 24.3 Å². The molecule has 21 heavy (non-hydrogen) atoms. The predicted molar refractivity (Wildman–Crippen MR) is 84.8 cm³/mol. The Bertz CT molecular complexity index is 648. The van der Waals surface area contributed by atoms with E-state index in [4.69, 9.17) is 4.74 Å². The molecule has 110 valence electrons. The number of hydrogen-bond donors (Lipinski definition) is 1. The predicted octanol–water partition coefficient (Wildman–Crippen LogP) is 4.05. The van der Waals surface area contributed by atoms with Crippen molar-refractivity contribution in [1.82, 2.24) is 10.3 Å². The van der Waals surface area contributed by atoms with Crippen LogP contribution in [0.25, 0.3) is 0 Å². The molecule has 3 rings (SSSR count). The zero-order valence-electron chi connectivity index (χ0n) is 12.9. The second kappa shape index (κ2) is 5.86. The molecule has 1 N–H and O–H groups in total. The van der Waals surface area contributed by atoms with Gasteiger partial charge in [0.15, 0.2) is 0 Å². The van der Waals surface area contributed by atoms with Crippen LogP contribution < -0.4 is 10.1 Å². The van der Waals surface area contributed by atoms with Gasteiger partial charge in [0.1, 0.15) is 5.75 Å². The molecule has 3 heteroatoms. The normalized spacial score (nSPS) is 14.2. The lowest BCUT2D eigenvalue weighted by atomic mass is 10.1. The minimum atomic E-state index is 0.681. The van der Waals surface area contributed by atoms with Crippen molar-refractivity contribution in [2.24, 2.45) is 0 Å². The molecule has 0 atom stereocenters. The van der Waals surface area contributed by atoms with Gasteiger partial charge in [-0.05, 0) is 62.4 Å². The van der Waals surface area contributed by atoms with Crippen LogP contribution in [0.5, 0.6) is 11.6 Å². The lowest BCUT2D eigenvalue weighted by Crippen LogP contribution is -2.16. The zero-order valence-corrected chi connectivity index (χ0v) is 12.9. The second-order valence-corrected chi connectivity index (χ2v) is 5.93. The van der Waals surface area contributed by atoms with E-state index >= 15 is 0 Å². The highest BCUT2D eigenvalue weighted by Gasteiger charge is 2.21. The Morgan fingerprint density at radius 1 is 1.24 bits per heavy atom. The van der Waals surface area contributed by atoms with Crippen molar-refractivity contribution in [3.8, 4) is 11.6 Å². The number of nitrogens with zero attached hydrogens (tertiary/aromatic N) is 1. The molecular formula is C18H22N2O. The molecule has 0 bridgehead atoms. The van der Waals surface area contributed by atoms with E-state index in [1.807, 2.05) is 6.07 Å². The summed E-state index contributed by atoms with van der Waals surface area (Å²) in [6.07, 6.45) is 4.35. The van der Waals surface area contributed by atoms with E-state index in [9.17, 15) is 0 Å². The lowest BCUT2D eigenvalue weighted by molar-refractivity contribution is 0.448. The zero-order chi connectivity index (χ0) is 14.8. The van der Waals surface area contributed by atoms with Gasteiger partial charge in [-0.2, -0.15) is 0 Å². The maximum Gasteiger partial charge on any atom is 0.223 e. The van der Waals surface area contributed by atoms with Crippen LogP contribution in [-0.2, 0) is 6.54 Å². The summed E-state index contributed by atoms with van der Waals surface area (Å²) < 4.78 is 6.10. The summed E-state index contributed by atoms with van der Waals surface area (Å²) in [6, 6.07) is 8.98. The third-order valence-electron chi connectivity index (χ3n) is 3.98. The molecule has 0 saturated heterocycles. The number of ether oxygens (including phenoxy) is 1. The lowest BCUT2D eigenvalue weighted by Gasteiger charge is -2.14. The molecule has 2 aromatic rings. The van der Waals surface area contributed by atoms with Crippen LogP contribution in [0.15, 0.2) is 30.5 Å². The maximum atomic E-state index is 6.10. The van der Waals surface area contributed by atoms with Gasteiger partial charge < -0.3 is 10.1 Å². The molecule has 1 saturated carbocycles. The van der Waals surface area contributed by atoms with E-state index in [0.717, 1.165) is 17.9 Å². The SMILES string of the molecule is Cc1cc(C)c(C)c(Oc2ncccc2CNC2CC2)c1. The molecule has 1 aliphatic carbocycles. The average Bonchev–Trinajstić information content (AvgIpc) is 3.27. The summed E-state index contributed by atoms with van der Waals surface area (Å²) in [5.74, 6) is 1.61. The van der Waals surface area contributed by atoms with Crippen molar-refractivity contribution in [3.63, 3.8) is 0 Å². The molecule has 0 spiro atoms. The Kier molecular flexibility index (Phi) is 3.93. The number of benzene rings is 1. The van der Waals surface area contributed by atoms with Gasteiger partial charge in [-0.1, -0.05) is 12.1 Å². The van der Waals surface area contributed by atoms with E-state index in [0.29, 0.717) is 11.9 Å². The number of aryl methyl sites for hydroxylation is 2. The molecule has 0 unspecified atom stereocenters. The second-order valence-electron chi connectivity index (χ2n) is 5.93. The van der Waals surface area contributed by atoms with Gasteiger partial charge in [-0.25, -0.2) is 4.98 Å². The third kappa shape index (κ3) is 3.42. The fourth-order valence-corrected chi connectivity index (χ4v) is 2.40. The van der Waals surface area contributed by atoms with E-state index in [-0.39, 0.29) is 0 Å². The molecule has 0 amide bonds. The van der Waals surface area contributed by atoms with Gasteiger partial charge >= 0.3 is 0 Å². The largest absolute Gasteiger partial charge is 0.438 e. The Balaban J connectivity index is 1.83. The summed E-state index contributed by atoms with van der Waals surface area (Å²) >= 11 is 0. The molecule has 1 aliphatic rings. The molecule has 0 radical (unpaired) electrons. The molecule has 3 nitrogen and oxygen atoms in total. The van der Waals surface area contributed by atoms with Crippen molar-refractivity contribution in [1.29, 1.82) is 0 Å². The molecule has 1 aromatic carbocycles. The van der Waals surface area contributed by atoms with Gasteiger partial charge in [-0.3, -0.25) is 0 Å². The van der Waals surface area contributed by atoms with Crippen LogP contribution in [-0.4, -0.2) is 11.0 Å². The quantitative estimate of drug-likeness (QED) is 0.898. The summed E-state index contributed by atoms with van der Waals surface area (Å²) in [4.78, 5) is 4.41. The van der Waals surface area contributed by atoms with Crippen LogP contribution >= 0.6 is 0 Å². The smallest absolute Gasteiger partial charge is 0.223 e. The third-order valence-corrected chi connectivity index (χ3v) is 3.98. The van der Waals surface area contributed by atoms with Crippen LogP contribution in [0.3, 0.4) is 0 Å². The first-order valence-electron chi connectivity index (χ1n) is 7.56. The highest BCUT2D eigenvalue weighted by molar-refractivity contribution is 5.44. The van der Waals surface area contributed by atoms with Crippen LogP contribution in [0.2, 0.25) is 0 Å². The number of hydrogen-bond acceptors (Lipinski definition) is 3. The van der Waals surface area contributed by atoms with Gasteiger partial charge in [0.2, 0.25) is 5.88 Å². The summed E-state index contributed by atoms with van der Waals surface area (Å²) in [5.41, 5.74) is 4.75. The fourth-order valence-electron chi connectivity index (χ4n) is 2.40. The summed E-state index contributed by atoms with van der Waals surface area (Å²) in [6.45, 7) is 7.11. The van der Waals surface area contributed by atoms with Crippen molar-refractivity contribution in [2.75, 3.05) is 0 Å². The molecular weight excluding hydrogens is 260 g/mol. The number of rotatable bonds is 5. The first-order chi connectivity index (χ1) is 10.1. The molecule has 1 heterocycles. The average molecular weight is 282 g/mol. The van der Waals surface area contributed by atoms with Crippen LogP contribution in [0.1, 0.15) is 35.1 Å². The highest BCUT2D eigenvalue weighted by atomic mass is 16.5. The Morgan fingerprint density at radius 2 is 2.05 bits per heavy atom. The minimum Gasteiger partial charge on any atom is -0.438 e. The Morgan fingerprint density at radius 3 is 2.81 bits per heavy atom. The van der Waals surface area contributed by atoms with E-state index in [1.54, 1.807) is 6.20 Å². The van der Waals surface area contributed by atoms with Crippen molar-refractivity contribution >= 4 is 0 Å². The highest BCUT2D eigenvalue weighted by Crippen LogP contribution is 2.29. The summed E-state index contributed by atoms with van der Waals surface area (Å²) in [7, 11) is 0. The fraction of sp³-hybridized carbons (Fsp3) is 0.389. The van der Waals surface area contributed by atoms with Gasteiger partial charge in [0.25, 0.3) is 0 Å². The minimum absolute atomic E-state index is 0.681. The topological polar surface area (TPSA) is 34.1 Å².